The first kappa shape index (κ1) is 25.5. The van der Waals surface area contributed by atoms with Crippen molar-refractivity contribution in [1.29, 1.82) is 0 Å². The normalized spacial score (nSPS) is 10.3. The Kier molecular flexibility index (Phi) is 7.34. The molecule has 0 aliphatic rings. The smallest absolute Gasteiger partial charge is 0.323 e. The van der Waals surface area contributed by atoms with E-state index in [1.54, 1.807) is 0 Å². The highest BCUT2D eigenvalue weighted by atomic mass is 16.4. The van der Waals surface area contributed by atoms with Crippen LogP contribution in [0.2, 0.25) is 0 Å². The molecule has 0 radical (unpaired) electrons. The molecule has 10 heteroatoms. The van der Waals surface area contributed by atoms with Gasteiger partial charge in [0, 0.05) is 29.1 Å². The third-order valence-corrected chi connectivity index (χ3v) is 5.24. The molecule has 2 amide bonds. The van der Waals surface area contributed by atoms with E-state index in [-0.39, 0.29) is 39.8 Å². The van der Waals surface area contributed by atoms with E-state index in [9.17, 15) is 35.1 Å². The first-order chi connectivity index (χ1) is 18.2. The zero-order valence-electron chi connectivity index (χ0n) is 19.6. The molecule has 10 nitrogen and oxygen atoms in total. The first-order valence-corrected chi connectivity index (χ1v) is 11.1. The molecule has 0 aliphatic carbocycles. The van der Waals surface area contributed by atoms with Gasteiger partial charge in [0.15, 0.2) is 17.3 Å². The molecule has 0 saturated carbocycles. The Hall–Kier alpha value is -5.64. The number of nitrogens with one attached hydrogen (secondary N) is 2. The topological polar surface area (TPSA) is 172 Å². The van der Waals surface area contributed by atoms with Crippen molar-refractivity contribution in [2.45, 2.75) is 0 Å². The molecule has 192 valence electrons. The summed E-state index contributed by atoms with van der Waals surface area (Å²) < 4.78 is 5.35. The van der Waals surface area contributed by atoms with Crippen LogP contribution >= 0.6 is 0 Å². The Bertz CT molecular complexity index is 1610. The number of aromatic hydroxyl groups is 5. The lowest BCUT2D eigenvalue weighted by Gasteiger charge is -2.08. The molecule has 0 bridgehead atoms. The number of hydrogen-bond acceptors (Lipinski definition) is 8. The molecule has 0 unspecified atom stereocenters. The van der Waals surface area contributed by atoms with Gasteiger partial charge >= 0.3 is 6.03 Å². The number of urea groups is 1. The van der Waals surface area contributed by atoms with Gasteiger partial charge in [-0.1, -0.05) is 36.4 Å². The summed E-state index contributed by atoms with van der Waals surface area (Å²) >= 11 is 0. The number of phenolic OH excluding ortho intramolecular Hbond substituents is 4. The van der Waals surface area contributed by atoms with E-state index in [0.29, 0.717) is 0 Å². The third-order valence-electron chi connectivity index (χ3n) is 5.24. The van der Waals surface area contributed by atoms with E-state index in [1.165, 1.54) is 6.07 Å². The van der Waals surface area contributed by atoms with Gasteiger partial charge in [0.05, 0.1) is 0 Å². The highest BCUT2D eigenvalue weighted by Gasteiger charge is 2.19. The lowest BCUT2D eigenvalue weighted by molar-refractivity contribution is 0.262. The predicted molar refractivity (Wildman–Crippen MR) is 142 cm³/mol. The van der Waals surface area contributed by atoms with Gasteiger partial charge in [-0.25, -0.2) is 4.79 Å². The summed E-state index contributed by atoms with van der Waals surface area (Å²) in [4.78, 5) is 23.7. The SMILES string of the molecule is O=C(Nc1ccccc1)Nc1ccccc1.O=c1c(O)c(-c2ccc(O)c(O)c2)oc2cc(O)cc(O)c12. The highest BCUT2D eigenvalue weighted by molar-refractivity contribution is 5.99. The number of rotatable bonds is 3. The molecule has 0 atom stereocenters. The molecule has 7 N–H and O–H groups in total. The Morgan fingerprint density at radius 1 is 0.658 bits per heavy atom. The van der Waals surface area contributed by atoms with E-state index in [1.807, 2.05) is 60.7 Å². The van der Waals surface area contributed by atoms with Gasteiger partial charge in [0.1, 0.15) is 22.5 Å². The monoisotopic (exact) mass is 514 g/mol. The van der Waals surface area contributed by atoms with Crippen molar-refractivity contribution in [3.63, 3.8) is 0 Å². The minimum absolute atomic E-state index is 0.134. The van der Waals surface area contributed by atoms with Gasteiger partial charge < -0.3 is 40.6 Å². The predicted octanol–water partition coefficient (Wildman–Crippen LogP) is 5.32. The molecule has 0 spiro atoms. The van der Waals surface area contributed by atoms with Gasteiger partial charge in [-0.05, 0) is 42.5 Å². The van der Waals surface area contributed by atoms with Gasteiger partial charge in [-0.2, -0.15) is 0 Å². The van der Waals surface area contributed by atoms with E-state index in [2.05, 4.69) is 10.6 Å². The van der Waals surface area contributed by atoms with Crippen LogP contribution in [0, 0.1) is 0 Å². The van der Waals surface area contributed by atoms with Gasteiger partial charge in [-0.15, -0.1) is 0 Å². The maximum Gasteiger partial charge on any atom is 0.323 e. The third kappa shape index (κ3) is 5.77. The second-order valence-corrected chi connectivity index (χ2v) is 7.96. The van der Waals surface area contributed by atoms with Crippen LogP contribution in [0.3, 0.4) is 0 Å². The maximum absolute atomic E-state index is 12.1. The Morgan fingerprint density at radius 3 is 1.79 bits per heavy atom. The molecule has 1 aromatic heterocycles. The minimum Gasteiger partial charge on any atom is -0.508 e. The number of benzene rings is 4. The molecular formula is C28H22N2O8. The zero-order chi connectivity index (χ0) is 27.2. The fraction of sp³-hybridized carbons (Fsp3) is 0. The van der Waals surface area contributed by atoms with Crippen molar-refractivity contribution in [2.75, 3.05) is 10.6 Å². The second kappa shape index (κ2) is 11.0. The van der Waals surface area contributed by atoms with Crippen molar-refractivity contribution >= 4 is 28.4 Å². The summed E-state index contributed by atoms with van der Waals surface area (Å²) in [5.41, 5.74) is 0.658. The van der Waals surface area contributed by atoms with Crippen molar-refractivity contribution in [3.8, 4) is 40.1 Å². The molecule has 1 heterocycles. The van der Waals surface area contributed by atoms with Crippen molar-refractivity contribution < 1.29 is 34.7 Å². The number of hydrogen-bond donors (Lipinski definition) is 7. The number of carbonyl (C=O) groups excluding carboxylic acids is 1. The van der Waals surface area contributed by atoms with Crippen LogP contribution in [0.5, 0.6) is 28.7 Å². The van der Waals surface area contributed by atoms with Crippen LogP contribution in [0.4, 0.5) is 16.2 Å². The number of phenols is 4. The van der Waals surface area contributed by atoms with Crippen molar-refractivity contribution in [1.82, 2.24) is 0 Å². The number of anilines is 2. The lowest BCUT2D eigenvalue weighted by atomic mass is 10.1. The summed E-state index contributed by atoms with van der Waals surface area (Å²) in [6.07, 6.45) is 0. The van der Waals surface area contributed by atoms with Crippen LogP contribution in [0.1, 0.15) is 0 Å². The van der Waals surface area contributed by atoms with Crippen LogP contribution in [0.25, 0.3) is 22.3 Å². The summed E-state index contributed by atoms with van der Waals surface area (Å²) in [5, 5.41) is 53.1. The Balaban J connectivity index is 0.000000186. The van der Waals surface area contributed by atoms with Crippen LogP contribution in [-0.4, -0.2) is 31.6 Å². The summed E-state index contributed by atoms with van der Waals surface area (Å²) in [5.74, 6) is -2.71. The Morgan fingerprint density at radius 2 is 1.24 bits per heavy atom. The lowest BCUT2D eigenvalue weighted by Crippen LogP contribution is -2.19. The van der Waals surface area contributed by atoms with E-state index in [0.717, 1.165) is 35.6 Å². The number of carbonyl (C=O) groups is 1. The first-order valence-electron chi connectivity index (χ1n) is 11.1. The van der Waals surface area contributed by atoms with Crippen LogP contribution in [0.15, 0.2) is 100 Å². The van der Waals surface area contributed by atoms with Gasteiger partial charge in [-0.3, -0.25) is 4.79 Å². The fourth-order valence-corrected chi connectivity index (χ4v) is 3.47. The average molecular weight is 514 g/mol. The van der Waals surface area contributed by atoms with E-state index >= 15 is 0 Å². The minimum atomic E-state index is -0.888. The number of amides is 2. The average Bonchev–Trinajstić information content (AvgIpc) is 2.89. The molecule has 0 saturated heterocycles. The zero-order valence-corrected chi connectivity index (χ0v) is 19.6. The quantitative estimate of drug-likeness (QED) is 0.158. The summed E-state index contributed by atoms with van der Waals surface area (Å²) in [6.45, 7) is 0. The maximum atomic E-state index is 12.1. The van der Waals surface area contributed by atoms with Crippen molar-refractivity contribution in [3.05, 3.63) is 101 Å². The van der Waals surface area contributed by atoms with Gasteiger partial charge in [0.2, 0.25) is 11.2 Å². The molecular weight excluding hydrogens is 492 g/mol. The van der Waals surface area contributed by atoms with E-state index < -0.39 is 22.7 Å². The largest absolute Gasteiger partial charge is 0.508 e. The molecule has 0 aliphatic heterocycles. The van der Waals surface area contributed by atoms with Gasteiger partial charge in [0.25, 0.3) is 0 Å². The molecule has 38 heavy (non-hydrogen) atoms. The summed E-state index contributed by atoms with van der Waals surface area (Å²) in [7, 11) is 0. The second-order valence-electron chi connectivity index (χ2n) is 7.96. The molecule has 0 fully saturated rings. The number of para-hydroxylation sites is 2. The standard InChI is InChI=1S/C15H10O7.C13H12N2O/c16-7-4-10(19)12-11(5-7)22-15(14(21)13(12)20)6-1-2-8(17)9(18)3-6;16-13(14-11-7-3-1-4-8-11)15-12-9-5-2-6-10-12/h1-5,16-19,21H;1-10H,(H2,14,15,16). The fourth-order valence-electron chi connectivity index (χ4n) is 3.47. The summed E-state index contributed by atoms with van der Waals surface area (Å²) in [6, 6.07) is 24.1. The van der Waals surface area contributed by atoms with Crippen molar-refractivity contribution in [2.24, 2.45) is 0 Å². The van der Waals surface area contributed by atoms with Crippen LogP contribution in [-0.2, 0) is 0 Å². The van der Waals surface area contributed by atoms with E-state index in [4.69, 9.17) is 4.42 Å². The highest BCUT2D eigenvalue weighted by Crippen LogP contribution is 2.37. The van der Waals surface area contributed by atoms with Crippen LogP contribution < -0.4 is 16.1 Å². The molecule has 4 aromatic carbocycles. The molecule has 5 rings (SSSR count). The molecule has 5 aromatic rings. The number of fused-ring (bicyclic) bond motifs is 1. The Labute approximate surface area is 215 Å².